The molecule has 0 amide bonds. The predicted octanol–water partition coefficient (Wildman–Crippen LogP) is -5.55. The highest BCUT2D eigenvalue weighted by Crippen LogP contribution is 2.23. The third-order valence-corrected chi connectivity index (χ3v) is 3.53. The number of aliphatic hydroxyl groups excluding tert-OH is 8. The van der Waals surface area contributed by atoms with Crippen molar-refractivity contribution in [2.24, 2.45) is 0 Å². The van der Waals surface area contributed by atoms with Gasteiger partial charge in [0.1, 0.15) is 49.3 Å². The smallest absolute Gasteiger partial charge is 0.189 e. The normalized spacial score (nSPS) is 35.6. The number of Topliss-reactive ketones (excluding diaryl/α,β-unsaturated/α-hetero) is 1. The molecule has 1 heterocycles. The van der Waals surface area contributed by atoms with E-state index in [9.17, 15) is 35.4 Å². The summed E-state index contributed by atoms with van der Waals surface area (Å²) < 4.78 is 10.0. The summed E-state index contributed by atoms with van der Waals surface area (Å²) in [5.41, 5.74) is 0. The van der Waals surface area contributed by atoms with Gasteiger partial charge in [-0.1, -0.05) is 0 Å². The van der Waals surface area contributed by atoms with Crippen LogP contribution in [0, 0.1) is 0 Å². The van der Waals surface area contributed by atoms with Crippen molar-refractivity contribution in [3.63, 3.8) is 0 Å². The van der Waals surface area contributed by atoms with Gasteiger partial charge in [-0.25, -0.2) is 0 Å². The maximum Gasteiger partial charge on any atom is 0.189 e. The highest BCUT2D eigenvalue weighted by atomic mass is 16.7. The summed E-state index contributed by atoms with van der Waals surface area (Å²) in [4.78, 5) is 11.1. The molecule has 8 N–H and O–H groups in total. The van der Waals surface area contributed by atoms with Crippen molar-refractivity contribution in [3.05, 3.63) is 0 Å². The second kappa shape index (κ2) is 8.94. The topological polar surface area (TPSA) is 197 Å². The Morgan fingerprint density at radius 2 is 1.65 bits per heavy atom. The summed E-state index contributed by atoms with van der Waals surface area (Å²) >= 11 is 0. The monoisotopic (exact) mass is 342 g/mol. The first-order chi connectivity index (χ1) is 10.8. The molecule has 0 bridgehead atoms. The van der Waals surface area contributed by atoms with Crippen LogP contribution in [-0.4, -0.2) is 115 Å². The van der Waals surface area contributed by atoms with Crippen molar-refractivity contribution in [1.82, 2.24) is 0 Å². The van der Waals surface area contributed by atoms with Gasteiger partial charge in [0.05, 0.1) is 13.2 Å². The van der Waals surface area contributed by atoms with Gasteiger partial charge in [-0.05, 0) is 0 Å². The Morgan fingerprint density at radius 3 is 2.13 bits per heavy atom. The Balaban J connectivity index is 2.79. The van der Waals surface area contributed by atoms with Gasteiger partial charge in [0.2, 0.25) is 0 Å². The minimum absolute atomic E-state index is 0.706. The highest BCUT2D eigenvalue weighted by Gasteiger charge is 2.46. The molecule has 0 aromatic rings. The van der Waals surface area contributed by atoms with Gasteiger partial charge < -0.3 is 50.3 Å². The average molecular weight is 342 g/mol. The molecule has 0 aromatic heterocycles. The van der Waals surface area contributed by atoms with E-state index in [4.69, 9.17) is 19.7 Å². The maximum absolute atomic E-state index is 11.1. The molecule has 11 heteroatoms. The van der Waals surface area contributed by atoms with Gasteiger partial charge in [0.25, 0.3) is 0 Å². The molecule has 136 valence electrons. The quantitative estimate of drug-likeness (QED) is 0.209. The van der Waals surface area contributed by atoms with Crippen LogP contribution in [0.25, 0.3) is 0 Å². The number of carbonyl (C=O) groups excluding carboxylic acids is 1. The molecule has 1 saturated heterocycles. The molecule has 0 radical (unpaired) electrons. The zero-order chi connectivity index (χ0) is 17.7. The molecule has 1 aliphatic rings. The van der Waals surface area contributed by atoms with Crippen molar-refractivity contribution in [1.29, 1.82) is 0 Å². The van der Waals surface area contributed by atoms with E-state index >= 15 is 0 Å². The van der Waals surface area contributed by atoms with Crippen LogP contribution >= 0.6 is 0 Å². The van der Waals surface area contributed by atoms with Crippen molar-refractivity contribution >= 4 is 5.78 Å². The molecular weight excluding hydrogens is 320 g/mol. The van der Waals surface area contributed by atoms with Crippen LogP contribution in [-0.2, 0) is 14.3 Å². The highest BCUT2D eigenvalue weighted by molar-refractivity contribution is 5.84. The first-order valence-electron chi connectivity index (χ1n) is 6.85. The summed E-state index contributed by atoms with van der Waals surface area (Å²) in [5, 5.41) is 75.1. The lowest BCUT2D eigenvalue weighted by Crippen LogP contribution is -2.61. The van der Waals surface area contributed by atoms with E-state index in [1.165, 1.54) is 0 Å². The maximum atomic E-state index is 11.1. The Morgan fingerprint density at radius 1 is 1.04 bits per heavy atom. The molecule has 1 fully saturated rings. The van der Waals surface area contributed by atoms with Crippen LogP contribution < -0.4 is 0 Å². The van der Waals surface area contributed by atoms with Crippen LogP contribution in [0.2, 0.25) is 0 Å². The molecule has 8 unspecified atom stereocenters. The first kappa shape index (κ1) is 20.3. The molecule has 1 rings (SSSR count). The van der Waals surface area contributed by atoms with Crippen LogP contribution in [0.4, 0.5) is 0 Å². The first-order valence-corrected chi connectivity index (χ1v) is 6.85. The van der Waals surface area contributed by atoms with E-state index in [1.807, 2.05) is 0 Å². The molecule has 11 nitrogen and oxygen atoms in total. The molecule has 8 atom stereocenters. The molecular formula is C12H22O11. The van der Waals surface area contributed by atoms with Crippen LogP contribution in [0.3, 0.4) is 0 Å². The number of ether oxygens (including phenoxy) is 2. The standard InChI is InChI=1S/C12H22O11/c13-1-4(16)7(17)8(18)5(2-14)22-12-11(21)10(20)9(19)6(3-15)23-12/h5-15,17-21H,1-3H2. The van der Waals surface area contributed by atoms with Gasteiger partial charge in [0.15, 0.2) is 12.1 Å². The van der Waals surface area contributed by atoms with Gasteiger partial charge in [-0.2, -0.15) is 0 Å². The molecule has 0 spiro atoms. The number of hydrogen-bond donors (Lipinski definition) is 8. The summed E-state index contributed by atoms with van der Waals surface area (Å²) in [6.45, 7) is -2.65. The average Bonchev–Trinajstić information content (AvgIpc) is 2.57. The number of rotatable bonds is 8. The molecule has 0 aromatic carbocycles. The van der Waals surface area contributed by atoms with Crippen LogP contribution in [0.1, 0.15) is 0 Å². The zero-order valence-corrected chi connectivity index (χ0v) is 12.0. The number of hydrogen-bond acceptors (Lipinski definition) is 11. The third-order valence-electron chi connectivity index (χ3n) is 3.53. The van der Waals surface area contributed by atoms with Crippen molar-refractivity contribution in [3.8, 4) is 0 Å². The number of ketones is 1. The third kappa shape index (κ3) is 4.64. The summed E-state index contributed by atoms with van der Waals surface area (Å²) in [7, 11) is 0. The minimum atomic E-state index is -2.05. The minimum Gasteiger partial charge on any atom is -0.394 e. The Labute approximate surface area is 130 Å². The lowest BCUT2D eigenvalue weighted by atomic mass is 9.99. The summed E-state index contributed by atoms with van der Waals surface area (Å²) in [6.07, 6.45) is -13.7. The molecule has 1 aliphatic heterocycles. The largest absolute Gasteiger partial charge is 0.394 e. The van der Waals surface area contributed by atoms with E-state index in [-0.39, 0.29) is 0 Å². The number of aliphatic hydroxyl groups is 8. The number of carbonyl (C=O) groups is 1. The van der Waals surface area contributed by atoms with Gasteiger partial charge in [-0.3, -0.25) is 4.79 Å². The lowest BCUT2D eigenvalue weighted by molar-refractivity contribution is -0.321. The van der Waals surface area contributed by atoms with Crippen molar-refractivity contribution < 1.29 is 55.1 Å². The predicted molar refractivity (Wildman–Crippen MR) is 69.8 cm³/mol. The second-order valence-electron chi connectivity index (χ2n) is 5.11. The van der Waals surface area contributed by atoms with E-state index in [2.05, 4.69) is 0 Å². The second-order valence-corrected chi connectivity index (χ2v) is 5.11. The van der Waals surface area contributed by atoms with E-state index in [1.54, 1.807) is 0 Å². The molecule has 23 heavy (non-hydrogen) atoms. The Bertz CT molecular complexity index is 376. The Hall–Kier alpha value is -0.730. The van der Waals surface area contributed by atoms with Crippen molar-refractivity contribution in [2.45, 2.75) is 49.0 Å². The molecule has 0 saturated carbocycles. The summed E-state index contributed by atoms with van der Waals surface area (Å²) in [5.74, 6) is -1.12. The van der Waals surface area contributed by atoms with E-state index in [0.717, 1.165) is 0 Å². The van der Waals surface area contributed by atoms with E-state index in [0.29, 0.717) is 0 Å². The van der Waals surface area contributed by atoms with Crippen LogP contribution in [0.15, 0.2) is 0 Å². The Kier molecular flexibility index (Phi) is 7.89. The van der Waals surface area contributed by atoms with Gasteiger partial charge in [0, 0.05) is 0 Å². The van der Waals surface area contributed by atoms with Crippen molar-refractivity contribution in [2.75, 3.05) is 19.8 Å². The van der Waals surface area contributed by atoms with E-state index < -0.39 is 74.6 Å². The van der Waals surface area contributed by atoms with Gasteiger partial charge in [-0.15, -0.1) is 0 Å². The SMILES string of the molecule is O=C(CO)C(O)C(O)C(CO)OC1OC(CO)C(O)C(O)C1O. The fourth-order valence-electron chi connectivity index (χ4n) is 2.07. The van der Waals surface area contributed by atoms with Gasteiger partial charge >= 0.3 is 0 Å². The summed E-state index contributed by atoms with van der Waals surface area (Å²) in [6, 6.07) is 0. The molecule has 0 aliphatic carbocycles. The van der Waals surface area contributed by atoms with Crippen LogP contribution in [0.5, 0.6) is 0 Å². The zero-order valence-electron chi connectivity index (χ0n) is 12.0. The fraction of sp³-hybridized carbons (Fsp3) is 0.917. The fourth-order valence-corrected chi connectivity index (χ4v) is 2.07. The lowest BCUT2D eigenvalue weighted by Gasteiger charge is -2.41.